The maximum atomic E-state index is 6.31. The highest BCUT2D eigenvalue weighted by Gasteiger charge is 2.23. The van der Waals surface area contributed by atoms with Crippen LogP contribution in [0, 0.1) is 0 Å². The number of hydrogen-bond acceptors (Lipinski definition) is 2. The van der Waals surface area contributed by atoms with Gasteiger partial charge in [-0.25, -0.2) is 0 Å². The van der Waals surface area contributed by atoms with E-state index in [0.29, 0.717) is 12.1 Å². The molecule has 2 rings (SSSR count). The number of ether oxygens (including phenoxy) is 1. The van der Waals surface area contributed by atoms with Crippen molar-refractivity contribution in [2.45, 2.75) is 57.8 Å². The summed E-state index contributed by atoms with van der Waals surface area (Å²) in [6.45, 7) is 5.12. The molecule has 0 saturated heterocycles. The summed E-state index contributed by atoms with van der Waals surface area (Å²) in [4.78, 5) is 0. The molecule has 19 heavy (non-hydrogen) atoms. The van der Waals surface area contributed by atoms with Gasteiger partial charge in [0.1, 0.15) is 0 Å². The average molecular weight is 282 g/mol. The van der Waals surface area contributed by atoms with Gasteiger partial charge in [0.25, 0.3) is 0 Å². The van der Waals surface area contributed by atoms with E-state index in [9.17, 15) is 0 Å². The Labute approximate surface area is 121 Å². The van der Waals surface area contributed by atoms with Crippen LogP contribution >= 0.6 is 11.6 Å². The molecule has 1 aliphatic carbocycles. The smallest absolute Gasteiger partial charge is 0.0967 e. The van der Waals surface area contributed by atoms with Gasteiger partial charge in [-0.3, -0.25) is 0 Å². The lowest BCUT2D eigenvalue weighted by Crippen LogP contribution is -2.30. The van der Waals surface area contributed by atoms with Gasteiger partial charge in [-0.2, -0.15) is 0 Å². The van der Waals surface area contributed by atoms with Crippen molar-refractivity contribution in [1.29, 1.82) is 0 Å². The predicted octanol–water partition coefficient (Wildman–Crippen LogP) is 4.34. The molecular formula is C16H24ClNO. The molecule has 1 N–H and O–H groups in total. The molecule has 0 amide bonds. The number of hydrogen-bond donors (Lipinski definition) is 1. The highest BCUT2D eigenvalue weighted by Crippen LogP contribution is 2.30. The van der Waals surface area contributed by atoms with Crippen molar-refractivity contribution in [3.63, 3.8) is 0 Å². The molecule has 0 bridgehead atoms. The van der Waals surface area contributed by atoms with Gasteiger partial charge in [0.2, 0.25) is 0 Å². The molecule has 1 aromatic carbocycles. The van der Waals surface area contributed by atoms with Gasteiger partial charge in [0.15, 0.2) is 0 Å². The normalized spacial score (nSPS) is 18.1. The predicted molar refractivity (Wildman–Crippen MR) is 80.7 cm³/mol. The molecule has 0 aliphatic heterocycles. The van der Waals surface area contributed by atoms with E-state index >= 15 is 0 Å². The van der Waals surface area contributed by atoms with Crippen LogP contribution < -0.4 is 5.32 Å². The first kappa shape index (κ1) is 14.8. The van der Waals surface area contributed by atoms with Crippen LogP contribution in [0.1, 0.15) is 51.2 Å². The molecule has 0 heterocycles. The minimum atomic E-state index is 0.0548. The zero-order valence-electron chi connectivity index (χ0n) is 11.9. The largest absolute Gasteiger partial charge is 0.369 e. The summed E-state index contributed by atoms with van der Waals surface area (Å²) in [6, 6.07) is 8.47. The third-order valence-corrected chi connectivity index (χ3v) is 3.97. The van der Waals surface area contributed by atoms with Crippen LogP contribution in [0.25, 0.3) is 0 Å². The van der Waals surface area contributed by atoms with Crippen LogP contribution in [0.3, 0.4) is 0 Å². The Morgan fingerprint density at radius 3 is 2.58 bits per heavy atom. The molecule has 0 aromatic heterocycles. The van der Waals surface area contributed by atoms with E-state index < -0.39 is 0 Å². The van der Waals surface area contributed by atoms with Gasteiger partial charge < -0.3 is 10.1 Å². The van der Waals surface area contributed by atoms with E-state index in [1.807, 2.05) is 18.2 Å². The van der Waals surface area contributed by atoms with Crippen molar-refractivity contribution in [1.82, 2.24) is 5.32 Å². The van der Waals surface area contributed by atoms with Gasteiger partial charge in [0.05, 0.1) is 12.2 Å². The molecule has 0 radical (unpaired) electrons. The molecule has 1 unspecified atom stereocenters. The maximum absolute atomic E-state index is 6.31. The van der Waals surface area contributed by atoms with Crippen LogP contribution in [0.5, 0.6) is 0 Å². The summed E-state index contributed by atoms with van der Waals surface area (Å²) in [5, 5.41) is 4.26. The third kappa shape index (κ3) is 4.48. The lowest BCUT2D eigenvalue weighted by Gasteiger charge is -2.24. The average Bonchev–Trinajstić information content (AvgIpc) is 2.88. The molecule has 3 heteroatoms. The fourth-order valence-corrected chi connectivity index (χ4v) is 2.82. The van der Waals surface area contributed by atoms with Crippen molar-refractivity contribution in [2.24, 2.45) is 0 Å². The minimum Gasteiger partial charge on any atom is -0.369 e. The second kappa shape index (κ2) is 7.28. The quantitative estimate of drug-likeness (QED) is 0.838. The van der Waals surface area contributed by atoms with E-state index in [0.717, 1.165) is 17.1 Å². The van der Waals surface area contributed by atoms with Gasteiger partial charge in [0, 0.05) is 23.2 Å². The van der Waals surface area contributed by atoms with E-state index in [1.54, 1.807) is 0 Å². The number of benzene rings is 1. The Balaban J connectivity index is 2.06. The summed E-state index contributed by atoms with van der Waals surface area (Å²) in [6.07, 6.45) is 5.40. The van der Waals surface area contributed by atoms with Crippen molar-refractivity contribution in [3.05, 3.63) is 34.9 Å². The third-order valence-electron chi connectivity index (χ3n) is 3.62. The van der Waals surface area contributed by atoms with E-state index in [-0.39, 0.29) is 6.10 Å². The fraction of sp³-hybridized carbons (Fsp3) is 0.625. The second-order valence-electron chi connectivity index (χ2n) is 5.62. The zero-order chi connectivity index (χ0) is 13.7. The molecular weight excluding hydrogens is 258 g/mol. The first-order chi connectivity index (χ1) is 9.16. The lowest BCUT2D eigenvalue weighted by atomic mass is 10.1. The van der Waals surface area contributed by atoms with Gasteiger partial charge >= 0.3 is 0 Å². The minimum absolute atomic E-state index is 0.0548. The Morgan fingerprint density at radius 2 is 1.95 bits per heavy atom. The molecule has 106 valence electrons. The van der Waals surface area contributed by atoms with Crippen LogP contribution in [-0.2, 0) is 4.74 Å². The Kier molecular flexibility index (Phi) is 5.68. The zero-order valence-corrected chi connectivity index (χ0v) is 12.6. The molecule has 1 fully saturated rings. The first-order valence-corrected chi connectivity index (χ1v) is 7.68. The Hall–Kier alpha value is -0.570. The standard InChI is InChI=1S/C16H24ClNO/c1-12(2)18-11-16(19-13-7-3-4-8-13)14-9-5-6-10-15(14)17/h5-6,9-10,12-13,16,18H,3-4,7-8,11H2,1-2H3. The maximum Gasteiger partial charge on any atom is 0.0967 e. The highest BCUT2D eigenvalue weighted by atomic mass is 35.5. The van der Waals surface area contributed by atoms with E-state index in [4.69, 9.17) is 16.3 Å². The molecule has 1 aliphatic rings. The first-order valence-electron chi connectivity index (χ1n) is 7.30. The van der Waals surface area contributed by atoms with Crippen molar-refractivity contribution in [2.75, 3.05) is 6.54 Å². The summed E-state index contributed by atoms with van der Waals surface area (Å²) in [5.41, 5.74) is 1.10. The number of halogens is 1. The SMILES string of the molecule is CC(C)NCC(OC1CCCC1)c1ccccc1Cl. The highest BCUT2D eigenvalue weighted by molar-refractivity contribution is 6.31. The van der Waals surface area contributed by atoms with Crippen molar-refractivity contribution in [3.8, 4) is 0 Å². The monoisotopic (exact) mass is 281 g/mol. The molecule has 0 spiro atoms. The van der Waals surface area contributed by atoms with Crippen LogP contribution in [0.15, 0.2) is 24.3 Å². The summed E-state index contributed by atoms with van der Waals surface area (Å²) in [5.74, 6) is 0. The topological polar surface area (TPSA) is 21.3 Å². The van der Waals surface area contributed by atoms with Gasteiger partial charge in [-0.15, -0.1) is 0 Å². The molecule has 1 atom stereocenters. The van der Waals surface area contributed by atoms with Crippen LogP contribution in [0.4, 0.5) is 0 Å². The number of nitrogens with one attached hydrogen (secondary N) is 1. The fourth-order valence-electron chi connectivity index (χ4n) is 2.57. The lowest BCUT2D eigenvalue weighted by molar-refractivity contribution is -0.00952. The van der Waals surface area contributed by atoms with Crippen molar-refractivity contribution >= 4 is 11.6 Å². The van der Waals surface area contributed by atoms with E-state index in [1.165, 1.54) is 25.7 Å². The summed E-state index contributed by atoms with van der Waals surface area (Å²) >= 11 is 6.31. The number of rotatable bonds is 6. The van der Waals surface area contributed by atoms with E-state index in [2.05, 4.69) is 25.2 Å². The van der Waals surface area contributed by atoms with Gasteiger partial charge in [-0.1, -0.05) is 56.5 Å². The van der Waals surface area contributed by atoms with Crippen LogP contribution in [-0.4, -0.2) is 18.7 Å². The van der Waals surface area contributed by atoms with Gasteiger partial charge in [-0.05, 0) is 18.9 Å². The molecule has 2 nitrogen and oxygen atoms in total. The summed E-state index contributed by atoms with van der Waals surface area (Å²) < 4.78 is 6.28. The molecule has 1 aromatic rings. The summed E-state index contributed by atoms with van der Waals surface area (Å²) in [7, 11) is 0. The second-order valence-corrected chi connectivity index (χ2v) is 6.02. The molecule has 1 saturated carbocycles. The Bertz CT molecular complexity index is 388. The van der Waals surface area contributed by atoms with Crippen LogP contribution in [0.2, 0.25) is 5.02 Å². The Morgan fingerprint density at radius 1 is 1.26 bits per heavy atom. The van der Waals surface area contributed by atoms with Crippen molar-refractivity contribution < 1.29 is 4.74 Å².